The van der Waals surface area contributed by atoms with E-state index in [2.05, 4.69) is 0 Å². The summed E-state index contributed by atoms with van der Waals surface area (Å²) < 4.78 is 23.1. The van der Waals surface area contributed by atoms with Crippen molar-refractivity contribution in [2.75, 3.05) is 0 Å². The molecule has 5 heteroatoms. The van der Waals surface area contributed by atoms with Gasteiger partial charge in [0, 0.05) is 6.07 Å². The number of halogens is 2. The van der Waals surface area contributed by atoms with Crippen molar-refractivity contribution >= 4 is 17.9 Å². The van der Waals surface area contributed by atoms with Crippen molar-refractivity contribution in [3.63, 3.8) is 0 Å². The third-order valence-corrected chi connectivity index (χ3v) is 2.34. The minimum atomic E-state index is -0.833. The monoisotopic (exact) mass is 254 g/mol. The summed E-state index contributed by atoms with van der Waals surface area (Å²) >= 11 is 5.66. The van der Waals surface area contributed by atoms with Crippen LogP contribution in [-0.2, 0) is 4.79 Å². The minimum absolute atomic E-state index is 0.194. The normalized spacial score (nSPS) is 12.1. The molecule has 88 valence electrons. The van der Waals surface area contributed by atoms with Gasteiger partial charge in [-0.25, -0.2) is 4.39 Å². The topological polar surface area (TPSA) is 39.4 Å². The van der Waals surface area contributed by atoms with Crippen LogP contribution >= 0.6 is 11.6 Å². The van der Waals surface area contributed by atoms with Crippen molar-refractivity contribution in [3.8, 4) is 11.7 Å². The lowest BCUT2D eigenvalue weighted by Crippen LogP contribution is -1.87. The van der Waals surface area contributed by atoms with Gasteiger partial charge in [-0.05, 0) is 30.3 Å². The number of benzene rings is 1. The van der Waals surface area contributed by atoms with Crippen LogP contribution in [0.3, 0.4) is 0 Å². The Balaban J connectivity index is 2.11. The zero-order valence-corrected chi connectivity index (χ0v) is 9.36. The number of carbonyl (C=O) groups excluding carboxylic acids is 1. The van der Waals surface area contributed by atoms with Crippen LogP contribution in [0.2, 0.25) is 0 Å². The van der Waals surface area contributed by atoms with Gasteiger partial charge in [-0.1, -0.05) is 0 Å². The van der Waals surface area contributed by atoms with E-state index >= 15 is 0 Å². The highest BCUT2D eigenvalue weighted by molar-refractivity contribution is 6.27. The molecule has 0 radical (unpaired) electrons. The maximum atomic E-state index is 12.6. The first-order chi connectivity index (χ1) is 8.19. The van der Waals surface area contributed by atoms with Crippen LogP contribution < -0.4 is 4.74 Å². The van der Waals surface area contributed by atoms with Gasteiger partial charge in [0.25, 0.3) is 5.95 Å². The van der Waals surface area contributed by atoms with Gasteiger partial charge >= 0.3 is 0 Å². The van der Waals surface area contributed by atoms with Gasteiger partial charge in [0.15, 0.2) is 0 Å². The average Bonchev–Trinajstić information content (AvgIpc) is 2.80. The molecule has 0 saturated heterocycles. The number of furan rings is 1. The predicted octanol–water partition coefficient (Wildman–Crippen LogP) is 3.69. The molecule has 0 bridgehead atoms. The fraction of sp³-hybridized carbons (Fsp3) is 0.0833. The van der Waals surface area contributed by atoms with Crippen molar-refractivity contribution in [1.82, 2.24) is 0 Å². The summed E-state index contributed by atoms with van der Waals surface area (Å²) in [6, 6.07) is 8.57. The molecule has 0 aliphatic rings. The third kappa shape index (κ3) is 2.85. The lowest BCUT2D eigenvalue weighted by molar-refractivity contribution is -0.107. The molecule has 3 nitrogen and oxygen atoms in total. The minimum Gasteiger partial charge on any atom is -0.428 e. The van der Waals surface area contributed by atoms with Gasteiger partial charge in [0.2, 0.25) is 0 Å². The van der Waals surface area contributed by atoms with E-state index in [4.69, 9.17) is 20.8 Å². The molecule has 0 N–H and O–H groups in total. The van der Waals surface area contributed by atoms with E-state index in [0.717, 1.165) is 0 Å². The number of rotatable bonds is 4. The second-order valence-corrected chi connectivity index (χ2v) is 3.72. The molecule has 0 aliphatic carbocycles. The molecule has 1 aromatic carbocycles. The number of alkyl halides is 1. The highest BCUT2D eigenvalue weighted by Gasteiger charge is 2.12. The molecule has 0 fully saturated rings. The molecular formula is C12H8ClFO3. The van der Waals surface area contributed by atoms with Gasteiger partial charge in [-0.15, -0.1) is 11.6 Å². The molecular weight excluding hydrogens is 247 g/mol. The first-order valence-electron chi connectivity index (χ1n) is 4.81. The van der Waals surface area contributed by atoms with Crippen LogP contribution in [0.15, 0.2) is 40.8 Å². The summed E-state index contributed by atoms with van der Waals surface area (Å²) in [5.41, 5.74) is 0. The molecule has 0 amide bonds. The first-order valence-corrected chi connectivity index (χ1v) is 5.25. The zero-order valence-electron chi connectivity index (χ0n) is 8.60. The van der Waals surface area contributed by atoms with Crippen molar-refractivity contribution < 1.29 is 18.3 Å². The van der Waals surface area contributed by atoms with E-state index < -0.39 is 5.38 Å². The lowest BCUT2D eigenvalue weighted by atomic mass is 10.3. The van der Waals surface area contributed by atoms with Crippen LogP contribution in [0.5, 0.6) is 11.7 Å². The van der Waals surface area contributed by atoms with Gasteiger partial charge in [0.05, 0.1) is 0 Å². The van der Waals surface area contributed by atoms with Crippen LogP contribution in [0.4, 0.5) is 4.39 Å². The van der Waals surface area contributed by atoms with Crippen LogP contribution in [0.1, 0.15) is 11.1 Å². The molecule has 2 rings (SSSR count). The van der Waals surface area contributed by atoms with Crippen molar-refractivity contribution in [2.45, 2.75) is 5.38 Å². The molecule has 0 saturated carbocycles. The quantitative estimate of drug-likeness (QED) is 0.617. The second kappa shape index (κ2) is 5.01. The highest BCUT2D eigenvalue weighted by atomic mass is 35.5. The first kappa shape index (κ1) is 11.7. The number of ether oxygens (including phenoxy) is 1. The van der Waals surface area contributed by atoms with E-state index in [1.165, 1.54) is 30.3 Å². The number of aldehydes is 1. The maximum Gasteiger partial charge on any atom is 0.290 e. The maximum absolute atomic E-state index is 12.6. The van der Waals surface area contributed by atoms with Gasteiger partial charge < -0.3 is 13.9 Å². The molecule has 17 heavy (non-hydrogen) atoms. The van der Waals surface area contributed by atoms with Crippen molar-refractivity contribution in [2.24, 2.45) is 0 Å². The summed E-state index contributed by atoms with van der Waals surface area (Å²) in [6.07, 6.45) is 0.558. The average molecular weight is 255 g/mol. The molecule has 1 atom stereocenters. The summed E-state index contributed by atoms with van der Waals surface area (Å²) in [5.74, 6) is 0.585. The second-order valence-electron chi connectivity index (χ2n) is 3.25. The number of hydrogen-bond donors (Lipinski definition) is 0. The molecule has 1 aromatic heterocycles. The lowest BCUT2D eigenvalue weighted by Gasteiger charge is -2.01. The van der Waals surface area contributed by atoms with Crippen LogP contribution in [-0.4, -0.2) is 6.29 Å². The van der Waals surface area contributed by atoms with E-state index in [1.54, 1.807) is 6.07 Å². The smallest absolute Gasteiger partial charge is 0.290 e. The molecule has 0 spiro atoms. The molecule has 1 unspecified atom stereocenters. The Morgan fingerprint density at radius 1 is 1.24 bits per heavy atom. The standard InChI is InChI=1S/C12H8ClFO3/c13-10(7-15)11-5-6-12(17-11)16-9-3-1-8(14)2-4-9/h1-7,10H. The zero-order chi connectivity index (χ0) is 12.3. The summed E-state index contributed by atoms with van der Waals surface area (Å²) in [6.45, 7) is 0. The van der Waals surface area contributed by atoms with E-state index in [9.17, 15) is 9.18 Å². The Kier molecular flexibility index (Phi) is 3.44. The van der Waals surface area contributed by atoms with Gasteiger partial charge in [0.1, 0.15) is 29.0 Å². The van der Waals surface area contributed by atoms with Gasteiger partial charge in [-0.2, -0.15) is 0 Å². The molecule has 1 heterocycles. The Morgan fingerprint density at radius 3 is 2.59 bits per heavy atom. The van der Waals surface area contributed by atoms with E-state index in [1.807, 2.05) is 0 Å². The highest BCUT2D eigenvalue weighted by Crippen LogP contribution is 2.28. The van der Waals surface area contributed by atoms with Crippen LogP contribution in [0, 0.1) is 5.82 Å². The van der Waals surface area contributed by atoms with Crippen molar-refractivity contribution in [1.29, 1.82) is 0 Å². The van der Waals surface area contributed by atoms with Crippen molar-refractivity contribution in [3.05, 3.63) is 48.0 Å². The Bertz CT molecular complexity index is 507. The Hall–Kier alpha value is -1.81. The van der Waals surface area contributed by atoms with Gasteiger partial charge in [-0.3, -0.25) is 0 Å². The fourth-order valence-corrected chi connectivity index (χ4v) is 1.34. The number of carbonyl (C=O) groups is 1. The molecule has 0 aliphatic heterocycles. The largest absolute Gasteiger partial charge is 0.428 e. The summed E-state index contributed by atoms with van der Waals surface area (Å²) in [5, 5.41) is -0.833. The summed E-state index contributed by atoms with van der Waals surface area (Å²) in [4.78, 5) is 10.4. The number of hydrogen-bond acceptors (Lipinski definition) is 3. The molecule has 2 aromatic rings. The predicted molar refractivity (Wildman–Crippen MR) is 59.8 cm³/mol. The Labute approximate surface area is 102 Å². The SMILES string of the molecule is O=CC(Cl)c1ccc(Oc2ccc(F)cc2)o1. The summed E-state index contributed by atoms with van der Waals surface area (Å²) in [7, 11) is 0. The van der Waals surface area contributed by atoms with Crippen LogP contribution in [0.25, 0.3) is 0 Å². The third-order valence-electron chi connectivity index (χ3n) is 2.03. The fourth-order valence-electron chi connectivity index (χ4n) is 1.22. The van der Waals surface area contributed by atoms with E-state index in [-0.39, 0.29) is 11.8 Å². The Morgan fingerprint density at radius 2 is 1.94 bits per heavy atom. The van der Waals surface area contributed by atoms with E-state index in [0.29, 0.717) is 17.8 Å².